The minimum Gasteiger partial charge on any atom is -0.338 e. The van der Waals surface area contributed by atoms with Gasteiger partial charge in [-0.1, -0.05) is 6.08 Å². The Kier molecular flexibility index (Phi) is 6.24. The molecule has 7 heteroatoms. The van der Waals surface area contributed by atoms with Crippen LogP contribution in [0.25, 0.3) is 0 Å². The lowest BCUT2D eigenvalue weighted by atomic mass is 10.4. The fraction of sp³-hybridized carbons (Fsp3) is 0.667. The minimum absolute atomic E-state index is 0.107. The zero-order valence-corrected chi connectivity index (χ0v) is 10.7. The second kappa shape index (κ2) is 6.62. The molecular formula is C9H19N3O3S. The van der Waals surface area contributed by atoms with Crippen LogP contribution in [0.4, 0.5) is 0 Å². The minimum atomic E-state index is -3.41. The van der Waals surface area contributed by atoms with Crippen molar-refractivity contribution in [3.05, 3.63) is 12.7 Å². The fourth-order valence-corrected chi connectivity index (χ4v) is 1.58. The van der Waals surface area contributed by atoms with Crippen LogP contribution in [0.2, 0.25) is 0 Å². The van der Waals surface area contributed by atoms with Crippen LogP contribution in [0.15, 0.2) is 12.7 Å². The van der Waals surface area contributed by atoms with Crippen molar-refractivity contribution in [2.24, 2.45) is 0 Å². The number of carbonyl (C=O) groups excluding carboxylic acids is 1. The average Bonchev–Trinajstić information content (AvgIpc) is 2.15. The van der Waals surface area contributed by atoms with Gasteiger partial charge < -0.3 is 4.90 Å². The summed E-state index contributed by atoms with van der Waals surface area (Å²) in [7, 11) is -0.536. The largest absolute Gasteiger partial charge is 0.338 e. The van der Waals surface area contributed by atoms with Crippen molar-refractivity contribution in [3.63, 3.8) is 0 Å². The van der Waals surface area contributed by atoms with E-state index in [-0.39, 0.29) is 12.5 Å². The summed E-state index contributed by atoms with van der Waals surface area (Å²) in [6.45, 7) is 5.89. The van der Waals surface area contributed by atoms with E-state index in [1.54, 1.807) is 6.08 Å². The van der Waals surface area contributed by atoms with E-state index >= 15 is 0 Å². The molecule has 0 saturated heterocycles. The Morgan fingerprint density at radius 2 is 2.00 bits per heavy atom. The highest BCUT2D eigenvalue weighted by Crippen LogP contribution is 1.91. The summed E-state index contributed by atoms with van der Waals surface area (Å²) < 4.78 is 26.1. The van der Waals surface area contributed by atoms with Crippen molar-refractivity contribution < 1.29 is 13.2 Å². The summed E-state index contributed by atoms with van der Waals surface area (Å²) in [4.78, 5) is 12.6. The van der Waals surface area contributed by atoms with Gasteiger partial charge >= 0.3 is 0 Å². The summed E-state index contributed by atoms with van der Waals surface area (Å²) in [6, 6.07) is 0. The van der Waals surface area contributed by atoms with Gasteiger partial charge in [0.25, 0.3) is 10.2 Å². The number of hydrogen-bond acceptors (Lipinski definition) is 3. The number of amides is 1. The van der Waals surface area contributed by atoms with E-state index in [0.29, 0.717) is 13.1 Å². The zero-order chi connectivity index (χ0) is 12.8. The first kappa shape index (κ1) is 15.1. The SMILES string of the molecule is C=CCN(CCNS(=O)(=O)N(C)C)C(C)=O. The number of carbonyl (C=O) groups is 1. The van der Waals surface area contributed by atoms with Gasteiger partial charge in [-0.25, -0.2) is 4.72 Å². The van der Waals surface area contributed by atoms with Crippen molar-refractivity contribution >= 4 is 16.1 Å². The third kappa shape index (κ3) is 5.24. The lowest BCUT2D eigenvalue weighted by Gasteiger charge is -2.20. The molecule has 0 radical (unpaired) electrons. The number of nitrogens with one attached hydrogen (secondary N) is 1. The maximum Gasteiger partial charge on any atom is 0.278 e. The van der Waals surface area contributed by atoms with Gasteiger partial charge in [-0.15, -0.1) is 6.58 Å². The molecule has 16 heavy (non-hydrogen) atoms. The van der Waals surface area contributed by atoms with Crippen molar-refractivity contribution in [1.82, 2.24) is 13.9 Å². The molecule has 0 saturated carbocycles. The molecule has 0 aromatic rings. The monoisotopic (exact) mass is 249 g/mol. The Morgan fingerprint density at radius 1 is 1.44 bits per heavy atom. The molecule has 6 nitrogen and oxygen atoms in total. The van der Waals surface area contributed by atoms with Gasteiger partial charge in [0.2, 0.25) is 5.91 Å². The maximum absolute atomic E-state index is 11.3. The summed E-state index contributed by atoms with van der Waals surface area (Å²) in [6.07, 6.45) is 1.60. The van der Waals surface area contributed by atoms with E-state index in [2.05, 4.69) is 11.3 Å². The summed E-state index contributed by atoms with van der Waals surface area (Å²) in [5, 5.41) is 0. The van der Waals surface area contributed by atoms with Crippen LogP contribution < -0.4 is 4.72 Å². The molecule has 94 valence electrons. The first-order chi connectivity index (χ1) is 7.31. The van der Waals surface area contributed by atoms with Gasteiger partial charge in [0.05, 0.1) is 0 Å². The predicted octanol–water partition coefficient (Wildman–Crippen LogP) is -0.583. The first-order valence-corrected chi connectivity index (χ1v) is 6.28. The molecule has 0 aliphatic carbocycles. The van der Waals surface area contributed by atoms with Crippen LogP contribution in [-0.4, -0.2) is 57.3 Å². The molecule has 0 aromatic heterocycles. The van der Waals surface area contributed by atoms with Crippen molar-refractivity contribution in [2.75, 3.05) is 33.7 Å². The lowest BCUT2D eigenvalue weighted by molar-refractivity contribution is -0.128. The first-order valence-electron chi connectivity index (χ1n) is 4.84. The van der Waals surface area contributed by atoms with Gasteiger partial charge in [0, 0.05) is 40.7 Å². The third-order valence-electron chi connectivity index (χ3n) is 1.94. The highest BCUT2D eigenvalue weighted by molar-refractivity contribution is 7.87. The van der Waals surface area contributed by atoms with Crippen molar-refractivity contribution in [1.29, 1.82) is 0 Å². The van der Waals surface area contributed by atoms with Crippen molar-refractivity contribution in [2.45, 2.75) is 6.92 Å². The third-order valence-corrected chi connectivity index (χ3v) is 3.47. The molecule has 0 spiro atoms. The molecule has 1 amide bonds. The topological polar surface area (TPSA) is 69.7 Å². The molecule has 0 rings (SSSR count). The van der Waals surface area contributed by atoms with E-state index in [4.69, 9.17) is 0 Å². The number of nitrogens with zero attached hydrogens (tertiary/aromatic N) is 2. The number of rotatable bonds is 7. The van der Waals surface area contributed by atoms with Gasteiger partial charge in [-0.05, 0) is 0 Å². The molecule has 0 bridgehead atoms. The Labute approximate surface area is 97.1 Å². The van der Waals surface area contributed by atoms with Crippen LogP contribution in [-0.2, 0) is 15.0 Å². The predicted molar refractivity (Wildman–Crippen MR) is 63.1 cm³/mol. The van der Waals surface area contributed by atoms with E-state index in [1.165, 1.54) is 25.9 Å². The molecule has 0 fully saturated rings. The standard InChI is InChI=1S/C9H19N3O3S/c1-5-7-12(9(2)13)8-6-10-16(14,15)11(3)4/h5,10H,1,6-8H2,2-4H3. The fourth-order valence-electron chi connectivity index (χ4n) is 0.972. The highest BCUT2D eigenvalue weighted by Gasteiger charge is 2.13. The molecule has 0 aromatic carbocycles. The Bertz CT molecular complexity index is 338. The second-order valence-corrected chi connectivity index (χ2v) is 5.40. The summed E-state index contributed by atoms with van der Waals surface area (Å²) >= 11 is 0. The van der Waals surface area contributed by atoms with E-state index in [1.807, 2.05) is 0 Å². The highest BCUT2D eigenvalue weighted by atomic mass is 32.2. The lowest BCUT2D eigenvalue weighted by Crippen LogP contribution is -2.41. The molecule has 0 heterocycles. The molecular weight excluding hydrogens is 230 g/mol. The smallest absolute Gasteiger partial charge is 0.278 e. The Hall–Kier alpha value is -0.920. The second-order valence-electron chi connectivity index (χ2n) is 3.44. The van der Waals surface area contributed by atoms with Gasteiger partial charge in [0.15, 0.2) is 0 Å². The molecule has 1 N–H and O–H groups in total. The van der Waals surface area contributed by atoms with Crippen LogP contribution >= 0.6 is 0 Å². The van der Waals surface area contributed by atoms with E-state index in [9.17, 15) is 13.2 Å². The van der Waals surface area contributed by atoms with Crippen LogP contribution in [0.1, 0.15) is 6.92 Å². The van der Waals surface area contributed by atoms with Crippen LogP contribution in [0.3, 0.4) is 0 Å². The number of hydrogen-bond donors (Lipinski definition) is 1. The van der Waals surface area contributed by atoms with Crippen LogP contribution in [0, 0.1) is 0 Å². The van der Waals surface area contributed by atoms with Gasteiger partial charge in [-0.2, -0.15) is 12.7 Å². The van der Waals surface area contributed by atoms with Gasteiger partial charge in [-0.3, -0.25) is 4.79 Å². The average molecular weight is 249 g/mol. The molecule has 0 aliphatic heterocycles. The maximum atomic E-state index is 11.3. The Morgan fingerprint density at radius 3 is 2.38 bits per heavy atom. The van der Waals surface area contributed by atoms with E-state index in [0.717, 1.165) is 4.31 Å². The summed E-state index contributed by atoms with van der Waals surface area (Å²) in [5.74, 6) is -0.107. The normalized spacial score (nSPS) is 11.5. The molecule has 0 unspecified atom stereocenters. The van der Waals surface area contributed by atoms with Crippen molar-refractivity contribution in [3.8, 4) is 0 Å². The molecule has 0 aliphatic rings. The molecule has 0 atom stereocenters. The van der Waals surface area contributed by atoms with E-state index < -0.39 is 10.2 Å². The summed E-state index contributed by atoms with van der Waals surface area (Å²) in [5.41, 5.74) is 0. The zero-order valence-electron chi connectivity index (χ0n) is 9.93. The Balaban J connectivity index is 4.14. The quantitative estimate of drug-likeness (QED) is 0.614. The van der Waals surface area contributed by atoms with Crippen LogP contribution in [0.5, 0.6) is 0 Å². The van der Waals surface area contributed by atoms with Gasteiger partial charge in [0.1, 0.15) is 0 Å².